The smallest absolute Gasteiger partial charge is 0.337 e. The zero-order chi connectivity index (χ0) is 33.6. The summed E-state index contributed by atoms with van der Waals surface area (Å²) in [5.74, 6) is -3.45. The van der Waals surface area contributed by atoms with Crippen LogP contribution in [0.15, 0.2) is 103 Å². The average Bonchev–Trinajstić information content (AvgIpc) is 2.98. The normalized spacial score (nSPS) is 12.4. The Balaban J connectivity index is 1.69. The molecule has 0 fully saturated rings. The van der Waals surface area contributed by atoms with Crippen molar-refractivity contribution in [1.82, 2.24) is 0 Å². The van der Waals surface area contributed by atoms with Crippen LogP contribution in [0.4, 0.5) is 28.4 Å². The molecule has 16 nitrogen and oxygen atoms in total. The fourth-order valence-corrected chi connectivity index (χ4v) is 5.58. The highest BCUT2D eigenvalue weighted by Gasteiger charge is 2.23. The van der Waals surface area contributed by atoms with E-state index in [2.05, 4.69) is 20.5 Å². The van der Waals surface area contributed by atoms with Gasteiger partial charge in [0.05, 0.1) is 27.4 Å². The number of carboxylic acid groups (broad SMARTS) is 2. The van der Waals surface area contributed by atoms with Gasteiger partial charge >= 0.3 is 11.9 Å². The number of benzene rings is 5. The number of hydrogen-bond donors (Lipinski definition) is 6. The zero-order valence-corrected chi connectivity index (χ0v) is 24.4. The van der Waals surface area contributed by atoms with E-state index in [1.807, 2.05) is 0 Å². The van der Waals surface area contributed by atoms with Gasteiger partial charge in [-0.15, -0.1) is 20.5 Å². The summed E-state index contributed by atoms with van der Waals surface area (Å²) in [5.41, 5.74) is 4.32. The first kappa shape index (κ1) is 31.6. The molecule has 0 spiro atoms. The summed E-state index contributed by atoms with van der Waals surface area (Å²) >= 11 is 0. The van der Waals surface area contributed by atoms with Crippen LogP contribution >= 0.6 is 0 Å². The van der Waals surface area contributed by atoms with Gasteiger partial charge < -0.3 is 21.1 Å². The molecule has 0 bridgehead atoms. The van der Waals surface area contributed by atoms with Gasteiger partial charge in [-0.05, 0) is 66.0 Å². The third kappa shape index (κ3) is 6.21. The lowest BCUT2D eigenvalue weighted by Crippen LogP contribution is -2.01. The van der Waals surface area contributed by atoms with Gasteiger partial charge in [-0.3, -0.25) is 9.11 Å². The number of rotatable bonds is 8. The van der Waals surface area contributed by atoms with Gasteiger partial charge in [-0.1, -0.05) is 12.1 Å². The maximum absolute atomic E-state index is 12.2. The van der Waals surface area contributed by atoms with E-state index in [9.17, 15) is 50.8 Å². The van der Waals surface area contributed by atoms with E-state index in [-0.39, 0.29) is 44.2 Å². The van der Waals surface area contributed by atoms with Crippen LogP contribution in [-0.4, -0.2) is 53.2 Å². The fraction of sp³-hybridized carbons (Fsp3) is 0. The van der Waals surface area contributed by atoms with E-state index in [1.165, 1.54) is 48.5 Å². The zero-order valence-electron chi connectivity index (χ0n) is 22.8. The first-order valence-electron chi connectivity index (χ1n) is 12.6. The number of nitrogens with zero attached hydrogens (tertiary/aromatic N) is 4. The standard InChI is InChI=1S/C28H19N5O11S2/c29-15-3-1-13-10-24(46(42,43)44)25(26(34)19(13)11-15)33-31-22-8-7-21(17-5-2-14(27(35)36)9-20(17)22)30-32-23-12-16(45(39,40)41)4-6-18(23)28(37)38/h1-12,34H,29H2,(H,35,36)(H,37,38)(H,39,40,41)(H,42,43,44)/b32-30+,33-31+. The van der Waals surface area contributed by atoms with Gasteiger partial charge in [0.15, 0.2) is 5.75 Å². The molecule has 0 unspecified atom stereocenters. The highest BCUT2D eigenvalue weighted by atomic mass is 32.2. The maximum Gasteiger partial charge on any atom is 0.337 e. The van der Waals surface area contributed by atoms with Crippen molar-refractivity contribution in [2.75, 3.05) is 5.73 Å². The second-order valence-corrected chi connectivity index (χ2v) is 12.4. The molecule has 0 saturated carbocycles. The number of hydrogen-bond acceptors (Lipinski definition) is 12. The molecule has 0 amide bonds. The molecule has 0 aliphatic rings. The Hall–Kier alpha value is -5.82. The number of carboxylic acids is 2. The summed E-state index contributed by atoms with van der Waals surface area (Å²) in [6.45, 7) is 0. The number of aromatic carboxylic acids is 2. The van der Waals surface area contributed by atoms with Crippen LogP contribution in [0.5, 0.6) is 5.75 Å². The molecule has 0 radical (unpaired) electrons. The molecule has 0 atom stereocenters. The van der Waals surface area contributed by atoms with Crippen LogP contribution in [0.2, 0.25) is 0 Å². The Labute approximate surface area is 258 Å². The number of phenols is 1. The number of nitrogens with two attached hydrogens (primary N) is 1. The molecule has 46 heavy (non-hydrogen) atoms. The van der Waals surface area contributed by atoms with Crippen molar-refractivity contribution >= 4 is 82.2 Å². The second-order valence-electron chi connectivity index (χ2n) is 9.56. The summed E-state index contributed by atoms with van der Waals surface area (Å²) in [5, 5.41) is 46.3. The van der Waals surface area contributed by atoms with Crippen LogP contribution in [0.1, 0.15) is 20.7 Å². The van der Waals surface area contributed by atoms with Crippen LogP contribution in [0.3, 0.4) is 0 Å². The Bertz CT molecular complexity index is 2410. The van der Waals surface area contributed by atoms with Crippen molar-refractivity contribution in [3.63, 3.8) is 0 Å². The van der Waals surface area contributed by atoms with Gasteiger partial charge in [0.2, 0.25) is 0 Å². The monoisotopic (exact) mass is 665 g/mol. The van der Waals surface area contributed by atoms with Gasteiger partial charge in [-0.2, -0.15) is 16.8 Å². The topological polar surface area (TPSA) is 279 Å². The first-order valence-corrected chi connectivity index (χ1v) is 15.4. The minimum absolute atomic E-state index is 0.0298. The van der Waals surface area contributed by atoms with Gasteiger partial charge in [-0.25, -0.2) is 9.59 Å². The van der Waals surface area contributed by atoms with Crippen molar-refractivity contribution in [2.45, 2.75) is 9.79 Å². The van der Waals surface area contributed by atoms with Crippen LogP contribution in [0.25, 0.3) is 21.5 Å². The molecular formula is C28H19N5O11S2. The third-order valence-corrected chi connectivity index (χ3v) is 8.31. The van der Waals surface area contributed by atoms with Crippen LogP contribution in [0, 0.1) is 0 Å². The molecule has 0 aliphatic carbocycles. The molecular weight excluding hydrogens is 646 g/mol. The number of phenolic OH excluding ortho intramolecular Hbond substituents is 1. The third-order valence-electron chi connectivity index (χ3n) is 6.59. The Morgan fingerprint density at radius 2 is 1.28 bits per heavy atom. The Morgan fingerprint density at radius 3 is 1.91 bits per heavy atom. The van der Waals surface area contributed by atoms with Gasteiger partial charge in [0.25, 0.3) is 20.2 Å². The molecule has 0 heterocycles. The largest absolute Gasteiger partial charge is 0.505 e. The predicted octanol–water partition coefficient (Wildman–Crippen LogP) is 6.00. The number of anilines is 1. The van der Waals surface area contributed by atoms with E-state index in [4.69, 9.17) is 5.73 Å². The van der Waals surface area contributed by atoms with Crippen molar-refractivity contribution in [1.29, 1.82) is 0 Å². The number of fused-ring (bicyclic) bond motifs is 2. The molecule has 5 aromatic carbocycles. The fourth-order valence-electron chi connectivity index (χ4n) is 4.42. The molecule has 0 aliphatic heterocycles. The molecule has 18 heteroatoms. The molecule has 0 aromatic heterocycles. The summed E-state index contributed by atoms with van der Waals surface area (Å²) < 4.78 is 66.7. The highest BCUT2D eigenvalue weighted by Crippen LogP contribution is 2.43. The number of aromatic hydroxyl groups is 1. The van der Waals surface area contributed by atoms with E-state index >= 15 is 0 Å². The molecule has 234 valence electrons. The Morgan fingerprint density at radius 1 is 0.630 bits per heavy atom. The lowest BCUT2D eigenvalue weighted by molar-refractivity contribution is 0.0686. The van der Waals surface area contributed by atoms with E-state index in [0.717, 1.165) is 24.3 Å². The summed E-state index contributed by atoms with van der Waals surface area (Å²) in [6.07, 6.45) is 0. The lowest BCUT2D eigenvalue weighted by atomic mass is 10.0. The lowest BCUT2D eigenvalue weighted by Gasteiger charge is -2.10. The van der Waals surface area contributed by atoms with Crippen molar-refractivity contribution < 1.29 is 50.8 Å². The first-order chi connectivity index (χ1) is 21.5. The van der Waals surface area contributed by atoms with Crippen molar-refractivity contribution in [3.8, 4) is 5.75 Å². The Kier molecular flexibility index (Phi) is 7.97. The van der Waals surface area contributed by atoms with Gasteiger partial charge in [0.1, 0.15) is 16.3 Å². The van der Waals surface area contributed by atoms with E-state index in [0.29, 0.717) is 0 Å². The number of nitrogen functional groups attached to an aromatic ring is 1. The summed E-state index contributed by atoms with van der Waals surface area (Å²) in [4.78, 5) is 22.0. The highest BCUT2D eigenvalue weighted by molar-refractivity contribution is 7.86. The van der Waals surface area contributed by atoms with E-state index < -0.39 is 64.7 Å². The van der Waals surface area contributed by atoms with Crippen LogP contribution in [-0.2, 0) is 20.2 Å². The van der Waals surface area contributed by atoms with Crippen molar-refractivity contribution in [3.05, 3.63) is 83.9 Å². The summed E-state index contributed by atoms with van der Waals surface area (Å²) in [6, 6.07) is 14.2. The maximum atomic E-state index is 12.2. The molecule has 5 aromatic rings. The minimum Gasteiger partial charge on any atom is -0.505 e. The predicted molar refractivity (Wildman–Crippen MR) is 162 cm³/mol. The minimum atomic E-state index is -4.93. The SMILES string of the molecule is Nc1ccc2cc(S(=O)(=O)O)c(/N=N/c3ccc(/N=N/c4cc(S(=O)(=O)O)ccc4C(=O)O)c4ccc(C(=O)O)cc34)c(O)c2c1. The second kappa shape index (κ2) is 11.6. The number of azo groups is 2. The van der Waals surface area contributed by atoms with Crippen molar-refractivity contribution in [2.24, 2.45) is 20.5 Å². The quantitative estimate of drug-likeness (QED) is 0.0632. The average molecular weight is 666 g/mol. The summed E-state index contributed by atoms with van der Waals surface area (Å²) in [7, 11) is -9.64. The van der Waals surface area contributed by atoms with Crippen LogP contribution < -0.4 is 5.73 Å². The molecule has 0 saturated heterocycles. The molecule has 5 rings (SSSR count). The van der Waals surface area contributed by atoms with Gasteiger partial charge in [0, 0.05) is 21.8 Å². The molecule has 7 N–H and O–H groups in total. The number of carbonyl (C=O) groups is 2. The van der Waals surface area contributed by atoms with E-state index in [1.54, 1.807) is 0 Å².